The Morgan fingerprint density at radius 1 is 0.736 bits per heavy atom. The highest BCUT2D eigenvalue weighted by Crippen LogP contribution is 2.34. The lowest BCUT2D eigenvalue weighted by atomic mass is 9.84. The molecule has 10 heteroatoms. The van der Waals surface area contributed by atoms with E-state index in [0.29, 0.717) is 11.6 Å². The lowest BCUT2D eigenvalue weighted by molar-refractivity contribution is -0.118. The summed E-state index contributed by atoms with van der Waals surface area (Å²) in [6.07, 6.45) is 6.01. The van der Waals surface area contributed by atoms with Crippen LogP contribution in [0.5, 0.6) is 5.75 Å². The van der Waals surface area contributed by atoms with E-state index in [0.717, 1.165) is 46.0 Å². The first kappa shape index (κ1) is 37.4. The second kappa shape index (κ2) is 17.5. The Bertz CT molecular complexity index is 2090. The summed E-state index contributed by atoms with van der Waals surface area (Å²) in [5.74, 6) is -0.949. The first-order valence-corrected chi connectivity index (χ1v) is 19.2. The van der Waals surface area contributed by atoms with Crippen LogP contribution < -0.4 is 9.64 Å². The number of likely N-dealkylation sites (N-methyl/N-ethyl adjacent to an activating group) is 1. The molecule has 274 valence electrons. The number of halogens is 1. The highest BCUT2D eigenvalue weighted by molar-refractivity contribution is 7.89. The minimum Gasteiger partial charge on any atom is -0.488 e. The zero-order chi connectivity index (χ0) is 37.2. The van der Waals surface area contributed by atoms with E-state index in [4.69, 9.17) is 9.47 Å². The van der Waals surface area contributed by atoms with Gasteiger partial charge >= 0.3 is 5.97 Å². The van der Waals surface area contributed by atoms with Crippen molar-refractivity contribution in [1.29, 1.82) is 0 Å². The van der Waals surface area contributed by atoms with Crippen molar-refractivity contribution >= 4 is 27.6 Å². The zero-order valence-corrected chi connectivity index (χ0v) is 30.5. The molecule has 8 nitrogen and oxygen atoms in total. The highest BCUT2D eigenvalue weighted by Gasteiger charge is 2.28. The third kappa shape index (κ3) is 9.77. The summed E-state index contributed by atoms with van der Waals surface area (Å²) in [4.78, 5) is 29.0. The SMILES string of the molecule is CN(CC(=O)N(Cc1ccc(C2CCCCC2)cc1)c1ccc(C(=O)OCc2ccccc2)c(OCc2ccccc2)c1)S(=O)(=O)c1ccc(F)cc1. The number of benzene rings is 5. The number of nitrogens with zero attached hydrogens (tertiary/aromatic N) is 2. The molecule has 0 bridgehead atoms. The molecule has 0 spiro atoms. The van der Waals surface area contributed by atoms with Crippen molar-refractivity contribution in [3.8, 4) is 5.75 Å². The van der Waals surface area contributed by atoms with E-state index in [1.165, 1.54) is 48.9 Å². The fraction of sp³-hybridized carbons (Fsp3) is 0.256. The summed E-state index contributed by atoms with van der Waals surface area (Å²) >= 11 is 0. The van der Waals surface area contributed by atoms with E-state index >= 15 is 0 Å². The topological polar surface area (TPSA) is 93.2 Å². The molecule has 5 aromatic rings. The van der Waals surface area contributed by atoms with Crippen LogP contribution in [0.4, 0.5) is 10.1 Å². The van der Waals surface area contributed by atoms with Crippen LogP contribution in [0.3, 0.4) is 0 Å². The molecule has 1 amide bonds. The van der Waals surface area contributed by atoms with Crippen molar-refractivity contribution in [2.24, 2.45) is 0 Å². The number of hydrogen-bond acceptors (Lipinski definition) is 6. The van der Waals surface area contributed by atoms with Crippen molar-refractivity contribution in [3.05, 3.63) is 161 Å². The Morgan fingerprint density at radius 3 is 2.00 bits per heavy atom. The Balaban J connectivity index is 1.31. The monoisotopic (exact) mass is 734 g/mol. The maximum absolute atomic E-state index is 14.2. The number of anilines is 1. The number of esters is 1. The number of hydrogen-bond donors (Lipinski definition) is 0. The van der Waals surface area contributed by atoms with Crippen LogP contribution in [-0.2, 0) is 39.3 Å². The molecule has 0 atom stereocenters. The summed E-state index contributed by atoms with van der Waals surface area (Å²) in [6, 6.07) is 36.3. The van der Waals surface area contributed by atoms with E-state index < -0.39 is 34.3 Å². The molecule has 1 fully saturated rings. The number of sulfonamides is 1. The predicted molar refractivity (Wildman–Crippen MR) is 202 cm³/mol. The largest absolute Gasteiger partial charge is 0.488 e. The van der Waals surface area contributed by atoms with Crippen LogP contribution in [-0.4, -0.2) is 38.2 Å². The average Bonchev–Trinajstić information content (AvgIpc) is 3.19. The third-order valence-corrected chi connectivity index (χ3v) is 11.3. The van der Waals surface area contributed by atoms with Crippen molar-refractivity contribution in [2.75, 3.05) is 18.5 Å². The van der Waals surface area contributed by atoms with E-state index in [-0.39, 0.29) is 36.0 Å². The van der Waals surface area contributed by atoms with Crippen LogP contribution in [0, 0.1) is 5.82 Å². The van der Waals surface area contributed by atoms with Crippen molar-refractivity contribution < 1.29 is 31.9 Å². The summed E-state index contributed by atoms with van der Waals surface area (Å²) < 4.78 is 53.2. The lowest BCUT2D eigenvalue weighted by Gasteiger charge is -2.27. The number of carbonyl (C=O) groups is 2. The predicted octanol–water partition coefficient (Wildman–Crippen LogP) is 8.66. The van der Waals surface area contributed by atoms with Gasteiger partial charge in [-0.3, -0.25) is 4.79 Å². The van der Waals surface area contributed by atoms with Crippen molar-refractivity contribution in [1.82, 2.24) is 4.31 Å². The molecule has 1 aliphatic rings. The van der Waals surface area contributed by atoms with Crippen LogP contribution in [0.2, 0.25) is 0 Å². The first-order valence-electron chi connectivity index (χ1n) is 17.8. The quantitative estimate of drug-likeness (QED) is 0.106. The van der Waals surface area contributed by atoms with Gasteiger partial charge in [-0.1, -0.05) is 104 Å². The summed E-state index contributed by atoms with van der Waals surface area (Å²) in [5, 5.41) is 0. The summed E-state index contributed by atoms with van der Waals surface area (Å²) in [6.45, 7) is -0.153. The molecule has 1 saturated carbocycles. The molecule has 6 rings (SSSR count). The molecule has 0 radical (unpaired) electrons. The van der Waals surface area contributed by atoms with E-state index in [9.17, 15) is 22.4 Å². The fourth-order valence-corrected chi connectivity index (χ4v) is 7.61. The van der Waals surface area contributed by atoms with Gasteiger partial charge in [0.2, 0.25) is 15.9 Å². The molecule has 1 aliphatic carbocycles. The molecule has 5 aromatic carbocycles. The number of carbonyl (C=O) groups excluding carboxylic acids is 2. The Hall–Kier alpha value is -5.32. The summed E-state index contributed by atoms with van der Waals surface area (Å²) in [5.41, 5.74) is 4.41. The smallest absolute Gasteiger partial charge is 0.342 e. The van der Waals surface area contributed by atoms with E-state index in [1.807, 2.05) is 72.8 Å². The molecular weight excluding hydrogens is 692 g/mol. The number of amides is 1. The fourth-order valence-electron chi connectivity index (χ4n) is 6.49. The third-order valence-electron chi connectivity index (χ3n) is 9.52. The van der Waals surface area contributed by atoms with Crippen LogP contribution in [0.1, 0.15) is 70.6 Å². The molecule has 0 aromatic heterocycles. The molecule has 0 unspecified atom stereocenters. The van der Waals surface area contributed by atoms with Gasteiger partial charge in [-0.15, -0.1) is 0 Å². The van der Waals surface area contributed by atoms with Crippen LogP contribution in [0.15, 0.2) is 132 Å². The van der Waals surface area contributed by atoms with Gasteiger partial charge in [0.05, 0.1) is 18.0 Å². The van der Waals surface area contributed by atoms with Gasteiger partial charge in [0.1, 0.15) is 30.3 Å². The molecule has 0 aliphatic heterocycles. The maximum atomic E-state index is 14.2. The normalized spacial score (nSPS) is 13.4. The van der Waals surface area contributed by atoms with Gasteiger partial charge in [0, 0.05) is 18.8 Å². The van der Waals surface area contributed by atoms with Gasteiger partial charge in [-0.05, 0) is 77.4 Å². The average molecular weight is 735 g/mol. The second-order valence-electron chi connectivity index (χ2n) is 13.3. The van der Waals surface area contributed by atoms with Gasteiger partial charge in [0.25, 0.3) is 0 Å². The molecule has 53 heavy (non-hydrogen) atoms. The number of rotatable bonds is 14. The minimum absolute atomic E-state index is 0.0654. The van der Waals surface area contributed by atoms with Gasteiger partial charge in [-0.25, -0.2) is 17.6 Å². The first-order chi connectivity index (χ1) is 25.7. The van der Waals surface area contributed by atoms with E-state index in [2.05, 4.69) is 12.1 Å². The lowest BCUT2D eigenvalue weighted by Crippen LogP contribution is -2.41. The molecule has 0 heterocycles. The Morgan fingerprint density at radius 2 is 1.36 bits per heavy atom. The second-order valence-corrected chi connectivity index (χ2v) is 15.3. The highest BCUT2D eigenvalue weighted by atomic mass is 32.2. The van der Waals surface area contributed by atoms with Crippen LogP contribution >= 0.6 is 0 Å². The molecule has 0 saturated heterocycles. The Labute approximate surface area is 310 Å². The summed E-state index contributed by atoms with van der Waals surface area (Å²) in [7, 11) is -2.81. The minimum atomic E-state index is -4.12. The van der Waals surface area contributed by atoms with Crippen LogP contribution in [0.25, 0.3) is 0 Å². The number of ether oxygens (including phenoxy) is 2. The van der Waals surface area contributed by atoms with Gasteiger partial charge < -0.3 is 14.4 Å². The maximum Gasteiger partial charge on any atom is 0.342 e. The standard InChI is InChI=1S/C43H43FN2O6S/c1-45(53(49,50)39-24-21-37(44)22-25-39)29-42(47)46(28-32-17-19-36(20-18-32)35-15-9-4-10-16-35)38-23-26-40(43(48)52-31-34-13-7-3-8-14-34)41(27-38)51-30-33-11-5-2-6-12-33/h2-3,5-8,11-14,17-27,35H,4,9-10,15-16,28-31H2,1H3. The molecular formula is C43H43FN2O6S. The van der Waals surface area contributed by atoms with Crippen molar-refractivity contribution in [3.63, 3.8) is 0 Å². The van der Waals surface area contributed by atoms with Gasteiger partial charge in [-0.2, -0.15) is 4.31 Å². The Kier molecular flexibility index (Phi) is 12.3. The van der Waals surface area contributed by atoms with Crippen molar-refractivity contribution in [2.45, 2.75) is 62.7 Å². The zero-order valence-electron chi connectivity index (χ0n) is 29.7. The van der Waals surface area contributed by atoms with Gasteiger partial charge in [0.15, 0.2) is 0 Å². The molecule has 0 N–H and O–H groups in total. The van der Waals surface area contributed by atoms with E-state index in [1.54, 1.807) is 18.2 Å².